The van der Waals surface area contributed by atoms with E-state index in [0.29, 0.717) is 12.8 Å². The van der Waals surface area contributed by atoms with Gasteiger partial charge in [0.1, 0.15) is 6.61 Å². The van der Waals surface area contributed by atoms with Gasteiger partial charge in [0.2, 0.25) is 5.91 Å². The number of ether oxygens (including phenoxy) is 1. The van der Waals surface area contributed by atoms with Crippen molar-refractivity contribution < 1.29 is 29.3 Å². The maximum Gasteiger partial charge on any atom is 0.407 e. The number of carbonyl (C=O) groups excluding carboxylic acids is 2. The number of aliphatic carboxylic acids is 1. The number of aliphatic hydroxyl groups is 1. The minimum atomic E-state index is -1.40. The van der Waals surface area contributed by atoms with Gasteiger partial charge in [-0.3, -0.25) is 4.79 Å². The van der Waals surface area contributed by atoms with Crippen molar-refractivity contribution in [1.82, 2.24) is 10.6 Å². The van der Waals surface area contributed by atoms with Crippen LogP contribution in [0.5, 0.6) is 0 Å². The van der Waals surface area contributed by atoms with Gasteiger partial charge >= 0.3 is 12.1 Å². The summed E-state index contributed by atoms with van der Waals surface area (Å²) in [5, 5.41) is 24.1. The molecule has 8 heteroatoms. The number of rotatable bonds is 7. The minimum Gasteiger partial charge on any atom is -0.480 e. The van der Waals surface area contributed by atoms with Crippen LogP contribution in [-0.4, -0.2) is 53.0 Å². The molecule has 2 amide bonds. The summed E-state index contributed by atoms with van der Waals surface area (Å²) in [5.74, 6) is -2.45. The number of carbonyl (C=O) groups is 3. The van der Waals surface area contributed by atoms with Crippen molar-refractivity contribution in [3.63, 3.8) is 0 Å². The Balaban J connectivity index is 1.39. The molecule has 4 rings (SSSR count). The fraction of sp³-hybridized carbons (Fsp3) is 0.423. The molecule has 34 heavy (non-hydrogen) atoms. The second-order valence-corrected chi connectivity index (χ2v) is 9.03. The molecular weight excluding hydrogens is 436 g/mol. The molecule has 4 N–H and O–H groups in total. The maximum atomic E-state index is 12.8. The van der Waals surface area contributed by atoms with Crippen molar-refractivity contribution in [2.45, 2.75) is 56.7 Å². The molecule has 0 unspecified atom stereocenters. The average molecular weight is 467 g/mol. The molecule has 0 aliphatic heterocycles. The smallest absolute Gasteiger partial charge is 0.407 e. The van der Waals surface area contributed by atoms with Crippen LogP contribution in [0, 0.1) is 5.92 Å². The molecule has 0 bridgehead atoms. The van der Waals surface area contributed by atoms with E-state index in [1.54, 1.807) is 0 Å². The highest BCUT2D eigenvalue weighted by Gasteiger charge is 2.36. The van der Waals surface area contributed by atoms with Gasteiger partial charge in [0.25, 0.3) is 0 Å². The zero-order valence-corrected chi connectivity index (χ0v) is 19.1. The number of carboxylic acid groups (broad SMARTS) is 1. The topological polar surface area (TPSA) is 125 Å². The summed E-state index contributed by atoms with van der Waals surface area (Å²) >= 11 is 0. The van der Waals surface area contributed by atoms with E-state index in [4.69, 9.17) is 4.74 Å². The zero-order chi connectivity index (χ0) is 24.2. The summed E-state index contributed by atoms with van der Waals surface area (Å²) in [7, 11) is 0. The minimum absolute atomic E-state index is 0.0639. The summed E-state index contributed by atoms with van der Waals surface area (Å²) in [6.45, 7) is 1.49. The lowest BCUT2D eigenvalue weighted by Crippen LogP contribution is -2.54. The number of alkyl carbamates (subject to hydrolysis) is 1. The van der Waals surface area contributed by atoms with Gasteiger partial charge in [-0.05, 0) is 42.0 Å². The molecular formula is C26H30N2O6. The van der Waals surface area contributed by atoms with Gasteiger partial charge in [-0.25, -0.2) is 9.59 Å². The van der Waals surface area contributed by atoms with Gasteiger partial charge in [0, 0.05) is 12.0 Å². The number of aliphatic hydroxyl groups excluding tert-OH is 1. The highest BCUT2D eigenvalue weighted by atomic mass is 16.5. The SMILES string of the molecule is C[C@@H](O)[C@H](NC(=O)[C@H]1CCCC[C@H]1NC(=O)OCC1c2ccccc2-c2ccccc21)C(=O)O. The second kappa shape index (κ2) is 10.3. The Bertz CT molecular complexity index is 1020. The van der Waals surface area contributed by atoms with E-state index in [0.717, 1.165) is 35.1 Å². The Morgan fingerprint density at radius 3 is 2.18 bits per heavy atom. The molecule has 2 aliphatic rings. The first-order valence-corrected chi connectivity index (χ1v) is 11.7. The standard InChI is InChI=1S/C26H30N2O6/c1-15(29)23(25(31)32)28-24(30)20-12-6-7-13-22(20)27-26(33)34-14-21-18-10-4-2-8-16(18)17-9-3-5-11-19(17)21/h2-5,8-11,15,20-23,29H,6-7,12-14H2,1H3,(H,27,33)(H,28,30)(H,31,32)/t15-,20+,22-,23+/m1/s1. The zero-order valence-electron chi connectivity index (χ0n) is 19.1. The first-order valence-electron chi connectivity index (χ1n) is 11.7. The summed E-state index contributed by atoms with van der Waals surface area (Å²) < 4.78 is 5.61. The summed E-state index contributed by atoms with van der Waals surface area (Å²) in [6, 6.07) is 14.3. The molecule has 0 saturated heterocycles. The van der Waals surface area contributed by atoms with Crippen molar-refractivity contribution in [1.29, 1.82) is 0 Å². The lowest BCUT2D eigenvalue weighted by atomic mass is 9.83. The molecule has 2 aromatic rings. The van der Waals surface area contributed by atoms with Crippen LogP contribution < -0.4 is 10.6 Å². The van der Waals surface area contributed by atoms with Crippen LogP contribution in [-0.2, 0) is 14.3 Å². The molecule has 180 valence electrons. The monoisotopic (exact) mass is 466 g/mol. The first-order chi connectivity index (χ1) is 16.4. The molecule has 1 saturated carbocycles. The predicted molar refractivity (Wildman–Crippen MR) is 125 cm³/mol. The van der Waals surface area contributed by atoms with Crippen LogP contribution in [0.1, 0.15) is 49.7 Å². The van der Waals surface area contributed by atoms with Crippen LogP contribution in [0.4, 0.5) is 4.79 Å². The van der Waals surface area contributed by atoms with Crippen molar-refractivity contribution in [3.05, 3.63) is 59.7 Å². The van der Waals surface area contributed by atoms with Gasteiger partial charge in [-0.15, -0.1) is 0 Å². The Hall–Kier alpha value is -3.39. The highest BCUT2D eigenvalue weighted by Crippen LogP contribution is 2.44. The predicted octanol–water partition coefficient (Wildman–Crippen LogP) is 3.03. The van der Waals surface area contributed by atoms with Gasteiger partial charge in [0.05, 0.1) is 12.0 Å². The largest absolute Gasteiger partial charge is 0.480 e. The molecule has 0 heterocycles. The number of hydrogen-bond acceptors (Lipinski definition) is 5. The van der Waals surface area contributed by atoms with E-state index in [2.05, 4.69) is 22.8 Å². The number of fused-ring (bicyclic) bond motifs is 3. The van der Waals surface area contributed by atoms with Crippen molar-refractivity contribution in [2.24, 2.45) is 5.92 Å². The number of hydrogen-bond donors (Lipinski definition) is 4. The third kappa shape index (κ3) is 4.92. The van der Waals surface area contributed by atoms with E-state index in [9.17, 15) is 24.6 Å². The van der Waals surface area contributed by atoms with E-state index in [-0.39, 0.29) is 12.5 Å². The van der Waals surface area contributed by atoms with Crippen molar-refractivity contribution in [3.8, 4) is 11.1 Å². The molecule has 4 atom stereocenters. The van der Waals surface area contributed by atoms with Crippen LogP contribution in [0.25, 0.3) is 11.1 Å². The Morgan fingerprint density at radius 1 is 1.00 bits per heavy atom. The van der Waals surface area contributed by atoms with E-state index < -0.39 is 42.1 Å². The van der Waals surface area contributed by atoms with Crippen molar-refractivity contribution in [2.75, 3.05) is 6.61 Å². The second-order valence-electron chi connectivity index (χ2n) is 9.03. The van der Waals surface area contributed by atoms with E-state index in [1.807, 2.05) is 36.4 Å². The Kier molecular flexibility index (Phi) is 7.17. The third-order valence-corrected chi connectivity index (χ3v) is 6.80. The van der Waals surface area contributed by atoms with Gasteiger partial charge in [0.15, 0.2) is 6.04 Å². The van der Waals surface area contributed by atoms with Gasteiger partial charge in [-0.1, -0.05) is 61.4 Å². The molecule has 2 aliphatic carbocycles. The Labute approximate surface area is 198 Å². The lowest BCUT2D eigenvalue weighted by Gasteiger charge is -2.32. The summed E-state index contributed by atoms with van der Waals surface area (Å²) in [4.78, 5) is 36.8. The number of benzene rings is 2. The van der Waals surface area contributed by atoms with Gasteiger partial charge in [-0.2, -0.15) is 0 Å². The molecule has 2 aromatic carbocycles. The summed E-state index contributed by atoms with van der Waals surface area (Å²) in [5.41, 5.74) is 4.51. The molecule has 1 fully saturated rings. The Morgan fingerprint density at radius 2 is 1.59 bits per heavy atom. The molecule has 8 nitrogen and oxygen atoms in total. The van der Waals surface area contributed by atoms with Crippen LogP contribution in [0.15, 0.2) is 48.5 Å². The first kappa shape index (κ1) is 23.8. The highest BCUT2D eigenvalue weighted by molar-refractivity contribution is 5.86. The molecule has 0 aromatic heterocycles. The quantitative estimate of drug-likeness (QED) is 0.497. The summed E-state index contributed by atoms with van der Waals surface area (Å²) in [6.07, 6.45) is 0.918. The normalized spacial score (nSPS) is 21.0. The number of amides is 2. The van der Waals surface area contributed by atoms with Crippen LogP contribution in [0.2, 0.25) is 0 Å². The molecule has 0 spiro atoms. The van der Waals surface area contributed by atoms with E-state index >= 15 is 0 Å². The van der Waals surface area contributed by atoms with Crippen LogP contribution >= 0.6 is 0 Å². The fourth-order valence-corrected chi connectivity index (χ4v) is 5.06. The average Bonchev–Trinajstić information content (AvgIpc) is 3.14. The number of nitrogens with one attached hydrogen (secondary N) is 2. The third-order valence-electron chi connectivity index (χ3n) is 6.80. The van der Waals surface area contributed by atoms with Crippen molar-refractivity contribution >= 4 is 18.0 Å². The fourth-order valence-electron chi connectivity index (χ4n) is 5.06. The van der Waals surface area contributed by atoms with Crippen LogP contribution in [0.3, 0.4) is 0 Å². The maximum absolute atomic E-state index is 12.8. The van der Waals surface area contributed by atoms with Gasteiger partial charge < -0.3 is 25.6 Å². The lowest BCUT2D eigenvalue weighted by molar-refractivity contribution is -0.145. The molecule has 0 radical (unpaired) electrons. The van der Waals surface area contributed by atoms with E-state index in [1.165, 1.54) is 6.92 Å². The number of carboxylic acids is 1.